The van der Waals surface area contributed by atoms with Crippen molar-refractivity contribution in [2.24, 2.45) is 0 Å². The Hall–Kier alpha value is -2.58. The second kappa shape index (κ2) is 5.43. The Morgan fingerprint density at radius 2 is 2.14 bits per heavy atom. The summed E-state index contributed by atoms with van der Waals surface area (Å²) in [5.41, 5.74) is 3.58. The van der Waals surface area contributed by atoms with Crippen LogP contribution in [0.25, 0.3) is 11.0 Å². The summed E-state index contributed by atoms with van der Waals surface area (Å²) in [5.74, 6) is 0.816. The number of fused-ring (bicyclic) bond motifs is 1. The number of aromatic amines is 1. The van der Waals surface area contributed by atoms with Crippen LogP contribution in [0.2, 0.25) is 0 Å². The Bertz CT molecular complexity index is 902. The van der Waals surface area contributed by atoms with Crippen LogP contribution in [0.4, 0.5) is 0 Å². The molecule has 0 aliphatic carbocycles. The van der Waals surface area contributed by atoms with Gasteiger partial charge in [-0.25, -0.2) is 0 Å². The maximum Gasteiger partial charge on any atom is 0.178 e. The number of aromatic nitrogens is 2. The van der Waals surface area contributed by atoms with E-state index in [-0.39, 0.29) is 0 Å². The van der Waals surface area contributed by atoms with E-state index < -0.39 is 0 Å². The third-order valence-electron chi connectivity index (χ3n) is 3.38. The van der Waals surface area contributed by atoms with Crippen molar-refractivity contribution in [2.75, 3.05) is 7.11 Å². The summed E-state index contributed by atoms with van der Waals surface area (Å²) in [6.07, 6.45) is 0. The van der Waals surface area contributed by atoms with Crippen molar-refractivity contribution in [1.29, 1.82) is 5.26 Å². The molecule has 0 radical (unpaired) electrons. The average molecular weight is 295 g/mol. The Balaban J connectivity index is 2.09. The standard InChI is InChI=1S/C16H13N3OS/c1-20-13-4-2-3-12(7-13)10-19-15-8-11(9-17)5-6-14(15)18-16(19)21/h2-8H,10H2,1H3,(H,18,21). The molecule has 0 aliphatic rings. The van der Waals surface area contributed by atoms with Crippen LogP contribution in [0.3, 0.4) is 0 Å². The average Bonchev–Trinajstić information content (AvgIpc) is 2.82. The second-order valence-corrected chi connectivity index (χ2v) is 5.10. The lowest BCUT2D eigenvalue weighted by atomic mass is 10.2. The molecule has 1 heterocycles. The molecule has 0 unspecified atom stereocenters. The zero-order valence-corrected chi connectivity index (χ0v) is 12.3. The summed E-state index contributed by atoms with van der Waals surface area (Å²) in [6.45, 7) is 0.630. The molecule has 104 valence electrons. The van der Waals surface area contributed by atoms with Crippen LogP contribution in [0.5, 0.6) is 5.75 Å². The minimum atomic E-state index is 0.621. The van der Waals surface area contributed by atoms with Gasteiger partial charge >= 0.3 is 0 Å². The van der Waals surface area contributed by atoms with Crippen LogP contribution in [0.1, 0.15) is 11.1 Å². The lowest BCUT2D eigenvalue weighted by Gasteiger charge is -2.07. The van der Waals surface area contributed by atoms with Crippen molar-refractivity contribution >= 4 is 23.3 Å². The fourth-order valence-corrected chi connectivity index (χ4v) is 2.61. The molecule has 0 saturated heterocycles. The number of ether oxygens (including phenoxy) is 1. The van der Waals surface area contributed by atoms with Gasteiger partial charge in [0.05, 0.1) is 36.3 Å². The van der Waals surface area contributed by atoms with E-state index in [1.54, 1.807) is 13.2 Å². The fraction of sp³-hybridized carbons (Fsp3) is 0.125. The van der Waals surface area contributed by atoms with E-state index >= 15 is 0 Å². The first-order valence-corrected chi connectivity index (χ1v) is 6.87. The summed E-state index contributed by atoms with van der Waals surface area (Å²) >= 11 is 5.39. The molecule has 21 heavy (non-hydrogen) atoms. The number of nitrogens with zero attached hydrogens (tertiary/aromatic N) is 2. The van der Waals surface area contributed by atoms with Gasteiger partial charge in [0, 0.05) is 0 Å². The zero-order valence-electron chi connectivity index (χ0n) is 11.5. The molecule has 0 amide bonds. The highest BCUT2D eigenvalue weighted by molar-refractivity contribution is 7.71. The first-order valence-electron chi connectivity index (χ1n) is 6.47. The highest BCUT2D eigenvalue weighted by Gasteiger charge is 2.07. The molecule has 1 N–H and O–H groups in total. The molecule has 3 aromatic rings. The molecule has 4 nitrogen and oxygen atoms in total. The van der Waals surface area contributed by atoms with Gasteiger partial charge in [-0.05, 0) is 48.1 Å². The number of hydrogen-bond donors (Lipinski definition) is 1. The van der Waals surface area contributed by atoms with E-state index in [0.717, 1.165) is 22.3 Å². The van der Waals surface area contributed by atoms with Crippen LogP contribution in [0.15, 0.2) is 42.5 Å². The van der Waals surface area contributed by atoms with Crippen LogP contribution < -0.4 is 4.74 Å². The monoisotopic (exact) mass is 295 g/mol. The van der Waals surface area contributed by atoms with E-state index in [1.807, 2.05) is 41.0 Å². The SMILES string of the molecule is COc1cccc(Cn2c(=S)[nH]c3ccc(C#N)cc32)c1. The third kappa shape index (κ3) is 2.54. The topological polar surface area (TPSA) is 53.7 Å². The number of methoxy groups -OCH3 is 1. The quantitative estimate of drug-likeness (QED) is 0.751. The van der Waals surface area contributed by atoms with Gasteiger partial charge in [-0.1, -0.05) is 12.1 Å². The minimum absolute atomic E-state index is 0.621. The second-order valence-electron chi connectivity index (χ2n) is 4.71. The van der Waals surface area contributed by atoms with Crippen molar-refractivity contribution in [3.8, 4) is 11.8 Å². The number of nitrogens with one attached hydrogen (secondary N) is 1. The normalized spacial score (nSPS) is 10.5. The summed E-state index contributed by atoms with van der Waals surface area (Å²) in [6, 6.07) is 15.5. The number of nitriles is 1. The van der Waals surface area contributed by atoms with E-state index in [1.165, 1.54) is 0 Å². The van der Waals surface area contributed by atoms with Crippen molar-refractivity contribution in [3.05, 3.63) is 58.4 Å². The Kier molecular flexibility index (Phi) is 3.46. The number of hydrogen-bond acceptors (Lipinski definition) is 3. The number of imidazole rings is 1. The maximum atomic E-state index is 9.04. The van der Waals surface area contributed by atoms with Crippen molar-refractivity contribution < 1.29 is 4.74 Å². The number of H-pyrrole nitrogens is 1. The van der Waals surface area contributed by atoms with Gasteiger partial charge in [0.2, 0.25) is 0 Å². The third-order valence-corrected chi connectivity index (χ3v) is 3.70. The minimum Gasteiger partial charge on any atom is -0.497 e. The van der Waals surface area contributed by atoms with Crippen LogP contribution in [0, 0.1) is 16.1 Å². The van der Waals surface area contributed by atoms with E-state index in [9.17, 15) is 0 Å². The summed E-state index contributed by atoms with van der Waals surface area (Å²) in [5, 5.41) is 9.04. The smallest absolute Gasteiger partial charge is 0.178 e. The molecule has 0 fully saturated rings. The van der Waals surface area contributed by atoms with Crippen molar-refractivity contribution in [1.82, 2.24) is 9.55 Å². The highest BCUT2D eigenvalue weighted by Crippen LogP contribution is 2.19. The van der Waals surface area contributed by atoms with Gasteiger partial charge in [0.25, 0.3) is 0 Å². The molecule has 1 aromatic heterocycles. The van der Waals surface area contributed by atoms with Gasteiger partial charge in [0.15, 0.2) is 4.77 Å². The molecular weight excluding hydrogens is 282 g/mol. The summed E-state index contributed by atoms with van der Waals surface area (Å²) < 4.78 is 7.87. The summed E-state index contributed by atoms with van der Waals surface area (Å²) in [7, 11) is 1.65. The Morgan fingerprint density at radius 3 is 2.90 bits per heavy atom. The molecule has 0 aliphatic heterocycles. The van der Waals surface area contributed by atoms with Gasteiger partial charge in [-0.3, -0.25) is 0 Å². The van der Waals surface area contributed by atoms with E-state index in [2.05, 4.69) is 11.1 Å². The Morgan fingerprint density at radius 1 is 1.29 bits per heavy atom. The molecule has 0 atom stereocenters. The molecule has 5 heteroatoms. The molecule has 0 spiro atoms. The molecule has 0 bridgehead atoms. The van der Waals surface area contributed by atoms with Crippen molar-refractivity contribution in [2.45, 2.75) is 6.54 Å². The van der Waals surface area contributed by atoms with Crippen LogP contribution in [-0.2, 0) is 6.54 Å². The Labute approximate surface area is 127 Å². The molecule has 3 rings (SSSR count). The van der Waals surface area contributed by atoms with E-state index in [4.69, 9.17) is 22.2 Å². The molecular formula is C16H13N3OS. The first kappa shape index (κ1) is 13.4. The van der Waals surface area contributed by atoms with Gasteiger partial charge in [0.1, 0.15) is 5.75 Å². The van der Waals surface area contributed by atoms with Crippen LogP contribution >= 0.6 is 12.2 Å². The first-order chi connectivity index (χ1) is 10.2. The zero-order chi connectivity index (χ0) is 14.8. The predicted molar refractivity (Wildman–Crippen MR) is 83.9 cm³/mol. The lowest BCUT2D eigenvalue weighted by molar-refractivity contribution is 0.414. The predicted octanol–water partition coefficient (Wildman–Crippen LogP) is 3.63. The van der Waals surface area contributed by atoms with Gasteiger partial charge in [-0.15, -0.1) is 0 Å². The van der Waals surface area contributed by atoms with Gasteiger partial charge < -0.3 is 14.3 Å². The molecule has 2 aromatic carbocycles. The number of benzene rings is 2. The van der Waals surface area contributed by atoms with E-state index in [0.29, 0.717) is 16.9 Å². The van der Waals surface area contributed by atoms with Crippen LogP contribution in [-0.4, -0.2) is 16.7 Å². The molecule has 0 saturated carbocycles. The highest BCUT2D eigenvalue weighted by atomic mass is 32.1. The largest absolute Gasteiger partial charge is 0.497 e. The number of rotatable bonds is 3. The summed E-state index contributed by atoms with van der Waals surface area (Å²) in [4.78, 5) is 3.16. The van der Waals surface area contributed by atoms with Crippen molar-refractivity contribution in [3.63, 3.8) is 0 Å². The lowest BCUT2D eigenvalue weighted by Crippen LogP contribution is -2.00. The fourth-order valence-electron chi connectivity index (χ4n) is 2.33. The van der Waals surface area contributed by atoms with Gasteiger partial charge in [-0.2, -0.15) is 5.26 Å². The maximum absolute atomic E-state index is 9.04.